The van der Waals surface area contributed by atoms with Crippen molar-refractivity contribution in [1.82, 2.24) is 9.47 Å². The van der Waals surface area contributed by atoms with Gasteiger partial charge < -0.3 is 4.57 Å². The first-order valence-corrected chi connectivity index (χ1v) is 9.56. The second-order valence-electron chi connectivity index (χ2n) is 7.08. The second kappa shape index (κ2) is 6.80. The van der Waals surface area contributed by atoms with Crippen molar-refractivity contribution in [3.63, 3.8) is 0 Å². The van der Waals surface area contributed by atoms with Crippen molar-refractivity contribution >= 4 is 29.0 Å². The summed E-state index contributed by atoms with van der Waals surface area (Å²) < 4.78 is 2.19. The van der Waals surface area contributed by atoms with Gasteiger partial charge in [0.15, 0.2) is 0 Å². The van der Waals surface area contributed by atoms with Gasteiger partial charge in [-0.1, -0.05) is 6.07 Å². The standard InChI is InChI=1S/C21H24N2O2S/c1-12(2)22-20(24)19(26-21(22)25)11-17-10-15(5)23(16(17)6)18-8-7-13(3)14(4)9-18/h7-12H,1-6H3/b19-11+. The zero-order valence-corrected chi connectivity index (χ0v) is 16.9. The predicted molar refractivity (Wildman–Crippen MR) is 108 cm³/mol. The van der Waals surface area contributed by atoms with E-state index in [1.54, 1.807) is 0 Å². The first-order chi connectivity index (χ1) is 12.2. The average molecular weight is 369 g/mol. The van der Waals surface area contributed by atoms with Gasteiger partial charge in [-0.25, -0.2) is 0 Å². The molecule has 26 heavy (non-hydrogen) atoms. The van der Waals surface area contributed by atoms with Crippen molar-refractivity contribution in [2.45, 2.75) is 47.6 Å². The van der Waals surface area contributed by atoms with Crippen molar-refractivity contribution in [3.8, 4) is 5.69 Å². The molecule has 1 fully saturated rings. The topological polar surface area (TPSA) is 42.3 Å². The van der Waals surface area contributed by atoms with E-state index in [4.69, 9.17) is 0 Å². The maximum absolute atomic E-state index is 12.5. The first-order valence-electron chi connectivity index (χ1n) is 8.74. The molecule has 0 radical (unpaired) electrons. The monoisotopic (exact) mass is 368 g/mol. The summed E-state index contributed by atoms with van der Waals surface area (Å²) in [6, 6.07) is 8.34. The van der Waals surface area contributed by atoms with Crippen LogP contribution in [0, 0.1) is 27.7 Å². The average Bonchev–Trinajstić information content (AvgIpc) is 2.99. The highest BCUT2D eigenvalue weighted by Gasteiger charge is 2.36. The minimum Gasteiger partial charge on any atom is -0.318 e. The molecule has 2 heterocycles. The number of carbonyl (C=O) groups excluding carboxylic acids is 2. The molecule has 2 amide bonds. The third-order valence-electron chi connectivity index (χ3n) is 4.85. The number of aryl methyl sites for hydroxylation is 3. The molecular formula is C21H24N2O2S. The largest absolute Gasteiger partial charge is 0.318 e. The Hall–Kier alpha value is -2.27. The van der Waals surface area contributed by atoms with E-state index < -0.39 is 0 Å². The Labute approximate surface area is 158 Å². The molecule has 136 valence electrons. The van der Waals surface area contributed by atoms with E-state index in [1.807, 2.05) is 26.8 Å². The zero-order chi connectivity index (χ0) is 19.2. The Kier molecular flexibility index (Phi) is 4.84. The Morgan fingerprint density at radius 1 is 1.00 bits per heavy atom. The zero-order valence-electron chi connectivity index (χ0n) is 16.1. The molecule has 0 atom stereocenters. The van der Waals surface area contributed by atoms with E-state index >= 15 is 0 Å². The van der Waals surface area contributed by atoms with Gasteiger partial charge in [-0.05, 0) is 94.3 Å². The summed E-state index contributed by atoms with van der Waals surface area (Å²) in [5.74, 6) is -0.203. The molecule has 1 aliphatic rings. The van der Waals surface area contributed by atoms with Gasteiger partial charge in [0.2, 0.25) is 0 Å². The predicted octanol–water partition coefficient (Wildman–Crippen LogP) is 5.16. The van der Waals surface area contributed by atoms with Crippen molar-refractivity contribution in [2.24, 2.45) is 0 Å². The van der Waals surface area contributed by atoms with Crippen molar-refractivity contribution in [1.29, 1.82) is 0 Å². The van der Waals surface area contributed by atoms with E-state index in [2.05, 4.69) is 49.6 Å². The van der Waals surface area contributed by atoms with E-state index in [0.717, 1.165) is 34.4 Å². The highest BCUT2D eigenvalue weighted by atomic mass is 32.2. The fourth-order valence-electron chi connectivity index (χ4n) is 3.26. The van der Waals surface area contributed by atoms with Crippen LogP contribution in [0.1, 0.15) is 41.9 Å². The van der Waals surface area contributed by atoms with Crippen molar-refractivity contribution in [3.05, 3.63) is 57.2 Å². The van der Waals surface area contributed by atoms with Gasteiger partial charge in [-0.2, -0.15) is 0 Å². The number of carbonyl (C=O) groups is 2. The minimum absolute atomic E-state index is 0.128. The third-order valence-corrected chi connectivity index (χ3v) is 5.73. The number of benzene rings is 1. The lowest BCUT2D eigenvalue weighted by atomic mass is 10.1. The number of hydrogen-bond acceptors (Lipinski definition) is 3. The van der Waals surface area contributed by atoms with Gasteiger partial charge in [0.1, 0.15) is 0 Å². The number of nitrogens with zero attached hydrogens (tertiary/aromatic N) is 2. The summed E-state index contributed by atoms with van der Waals surface area (Å²) >= 11 is 1.02. The lowest BCUT2D eigenvalue weighted by Gasteiger charge is -2.16. The lowest BCUT2D eigenvalue weighted by Crippen LogP contribution is -2.34. The highest BCUT2D eigenvalue weighted by Crippen LogP contribution is 2.34. The molecule has 0 bridgehead atoms. The van der Waals surface area contributed by atoms with Gasteiger partial charge in [0.25, 0.3) is 11.1 Å². The Balaban J connectivity index is 2.02. The van der Waals surface area contributed by atoms with Crippen molar-refractivity contribution < 1.29 is 9.59 Å². The summed E-state index contributed by atoms with van der Waals surface area (Å²) in [5, 5.41) is -0.195. The molecule has 1 aromatic heterocycles. The fraction of sp³-hybridized carbons (Fsp3) is 0.333. The number of rotatable bonds is 3. The van der Waals surface area contributed by atoms with Crippen LogP contribution in [-0.4, -0.2) is 26.7 Å². The molecule has 0 aliphatic carbocycles. The normalized spacial score (nSPS) is 16.4. The molecule has 5 heteroatoms. The summed E-state index contributed by atoms with van der Waals surface area (Å²) in [7, 11) is 0. The maximum atomic E-state index is 12.5. The van der Waals surface area contributed by atoms with E-state index in [0.29, 0.717) is 4.91 Å². The molecule has 1 aromatic carbocycles. The quantitative estimate of drug-likeness (QED) is 0.703. The Morgan fingerprint density at radius 3 is 2.27 bits per heavy atom. The summed E-state index contributed by atoms with van der Waals surface area (Å²) in [5.41, 5.74) is 6.74. The summed E-state index contributed by atoms with van der Waals surface area (Å²) in [6.07, 6.45) is 1.84. The minimum atomic E-state index is -0.203. The molecule has 0 saturated carbocycles. The van der Waals surface area contributed by atoms with Crippen molar-refractivity contribution in [2.75, 3.05) is 0 Å². The SMILES string of the molecule is Cc1ccc(-n2c(C)cc(/C=C3/SC(=O)N(C(C)C)C3=O)c2C)cc1C. The smallest absolute Gasteiger partial charge is 0.293 e. The summed E-state index contributed by atoms with van der Waals surface area (Å²) in [4.78, 5) is 26.4. The fourth-order valence-corrected chi connectivity index (χ4v) is 4.21. The third kappa shape index (κ3) is 3.12. The van der Waals surface area contributed by atoms with Crippen LogP contribution in [0.2, 0.25) is 0 Å². The molecule has 1 saturated heterocycles. The molecule has 0 spiro atoms. The van der Waals surface area contributed by atoms with Crippen LogP contribution < -0.4 is 0 Å². The van der Waals surface area contributed by atoms with Gasteiger partial charge in [-0.3, -0.25) is 14.5 Å². The van der Waals surface area contributed by atoms with Crippen LogP contribution in [0.4, 0.5) is 4.79 Å². The second-order valence-corrected chi connectivity index (χ2v) is 8.07. The molecular weight excluding hydrogens is 344 g/mol. The Morgan fingerprint density at radius 2 is 1.69 bits per heavy atom. The summed E-state index contributed by atoms with van der Waals surface area (Å²) in [6.45, 7) is 12.0. The van der Waals surface area contributed by atoms with Crippen LogP contribution in [0.5, 0.6) is 0 Å². The van der Waals surface area contributed by atoms with Crippen LogP contribution in [0.15, 0.2) is 29.2 Å². The molecule has 2 aromatic rings. The molecule has 1 aliphatic heterocycles. The van der Waals surface area contributed by atoms with Gasteiger partial charge >= 0.3 is 0 Å². The van der Waals surface area contributed by atoms with Gasteiger partial charge in [0, 0.05) is 23.1 Å². The van der Waals surface area contributed by atoms with Crippen LogP contribution >= 0.6 is 11.8 Å². The molecule has 0 unspecified atom stereocenters. The number of hydrogen-bond donors (Lipinski definition) is 0. The number of amides is 2. The number of thioether (sulfide) groups is 1. The van der Waals surface area contributed by atoms with E-state index in [-0.39, 0.29) is 17.2 Å². The van der Waals surface area contributed by atoms with Crippen LogP contribution in [0.3, 0.4) is 0 Å². The van der Waals surface area contributed by atoms with Crippen LogP contribution in [-0.2, 0) is 4.79 Å². The molecule has 4 nitrogen and oxygen atoms in total. The van der Waals surface area contributed by atoms with Gasteiger partial charge in [-0.15, -0.1) is 0 Å². The number of imide groups is 1. The molecule has 3 rings (SSSR count). The highest BCUT2D eigenvalue weighted by molar-refractivity contribution is 8.18. The lowest BCUT2D eigenvalue weighted by molar-refractivity contribution is -0.123. The van der Waals surface area contributed by atoms with E-state index in [1.165, 1.54) is 16.0 Å². The van der Waals surface area contributed by atoms with E-state index in [9.17, 15) is 9.59 Å². The maximum Gasteiger partial charge on any atom is 0.293 e. The first kappa shape index (κ1) is 18.5. The Bertz CT molecular complexity index is 938. The van der Waals surface area contributed by atoms with Crippen LogP contribution in [0.25, 0.3) is 11.8 Å². The number of aromatic nitrogens is 1. The van der Waals surface area contributed by atoms with Gasteiger partial charge in [0.05, 0.1) is 4.91 Å². The molecule has 0 N–H and O–H groups in total.